The van der Waals surface area contributed by atoms with E-state index in [1.54, 1.807) is 19.1 Å². The first-order chi connectivity index (χ1) is 13.1. The number of sulfonamides is 1. The molecule has 156 valence electrons. The molecule has 0 atom stereocenters. The number of carbonyl (C=O) groups excluding carboxylic acids is 2. The van der Waals surface area contributed by atoms with Gasteiger partial charge in [0, 0.05) is 38.0 Å². The summed E-state index contributed by atoms with van der Waals surface area (Å²) < 4.78 is 27.4. The summed E-state index contributed by atoms with van der Waals surface area (Å²) in [5.74, 6) is -0.0564. The lowest BCUT2D eigenvalue weighted by molar-refractivity contribution is -0.135. The normalized spacial score (nSPS) is 15.7. The van der Waals surface area contributed by atoms with Crippen molar-refractivity contribution in [1.29, 1.82) is 0 Å². The van der Waals surface area contributed by atoms with Crippen molar-refractivity contribution in [1.82, 2.24) is 14.9 Å². The SMILES string of the molecule is Cc1ccc(C)c(S(=O)(=O)NCCC(=O)NC2CCN(C(=O)C(C)C)CC2)c1. The second-order valence-corrected chi connectivity index (χ2v) is 9.47. The number of carbonyl (C=O) groups is 2. The summed E-state index contributed by atoms with van der Waals surface area (Å²) in [5, 5.41) is 2.94. The first kappa shape index (κ1) is 22.4. The fourth-order valence-corrected chi connectivity index (χ4v) is 4.64. The maximum atomic E-state index is 12.5. The van der Waals surface area contributed by atoms with E-state index in [-0.39, 0.29) is 41.6 Å². The third-order valence-electron chi connectivity index (χ3n) is 4.94. The highest BCUT2D eigenvalue weighted by Gasteiger charge is 2.25. The molecule has 0 saturated carbocycles. The van der Waals surface area contributed by atoms with Crippen LogP contribution in [0.4, 0.5) is 0 Å². The van der Waals surface area contributed by atoms with Crippen LogP contribution in [0, 0.1) is 19.8 Å². The predicted molar refractivity (Wildman–Crippen MR) is 108 cm³/mol. The third-order valence-corrected chi connectivity index (χ3v) is 6.55. The Hall–Kier alpha value is -1.93. The van der Waals surface area contributed by atoms with E-state index in [1.165, 1.54) is 0 Å². The van der Waals surface area contributed by atoms with Gasteiger partial charge in [0.25, 0.3) is 0 Å². The van der Waals surface area contributed by atoms with E-state index < -0.39 is 10.0 Å². The monoisotopic (exact) mass is 409 g/mol. The van der Waals surface area contributed by atoms with Gasteiger partial charge in [0.15, 0.2) is 0 Å². The molecule has 2 amide bonds. The molecule has 28 heavy (non-hydrogen) atoms. The molecule has 0 bridgehead atoms. The van der Waals surface area contributed by atoms with Gasteiger partial charge in [-0.25, -0.2) is 13.1 Å². The Morgan fingerprint density at radius 3 is 2.43 bits per heavy atom. The molecule has 1 heterocycles. The zero-order valence-corrected chi connectivity index (χ0v) is 17.9. The van der Waals surface area contributed by atoms with E-state index in [2.05, 4.69) is 10.0 Å². The minimum Gasteiger partial charge on any atom is -0.353 e. The van der Waals surface area contributed by atoms with Crippen LogP contribution in [-0.2, 0) is 19.6 Å². The number of nitrogens with one attached hydrogen (secondary N) is 2. The second kappa shape index (κ2) is 9.52. The van der Waals surface area contributed by atoms with Crippen LogP contribution in [0.25, 0.3) is 0 Å². The molecule has 0 aromatic heterocycles. The van der Waals surface area contributed by atoms with E-state index in [1.807, 2.05) is 31.7 Å². The molecule has 0 spiro atoms. The maximum absolute atomic E-state index is 12.5. The topological polar surface area (TPSA) is 95.6 Å². The van der Waals surface area contributed by atoms with Crippen molar-refractivity contribution in [3.05, 3.63) is 29.3 Å². The summed E-state index contributed by atoms with van der Waals surface area (Å²) >= 11 is 0. The molecule has 1 aliphatic rings. The highest BCUT2D eigenvalue weighted by atomic mass is 32.2. The first-order valence-electron chi connectivity index (χ1n) is 9.75. The number of hydrogen-bond donors (Lipinski definition) is 2. The molecule has 1 saturated heterocycles. The Bertz CT molecular complexity index is 813. The van der Waals surface area contributed by atoms with Crippen LogP contribution in [0.3, 0.4) is 0 Å². The van der Waals surface area contributed by atoms with Gasteiger partial charge in [0.2, 0.25) is 21.8 Å². The largest absolute Gasteiger partial charge is 0.353 e. The Kier molecular flexibility index (Phi) is 7.60. The molecular formula is C20H31N3O4S. The fourth-order valence-electron chi connectivity index (χ4n) is 3.28. The van der Waals surface area contributed by atoms with Crippen molar-refractivity contribution in [2.24, 2.45) is 5.92 Å². The van der Waals surface area contributed by atoms with E-state index in [9.17, 15) is 18.0 Å². The Morgan fingerprint density at radius 2 is 1.82 bits per heavy atom. The molecular weight excluding hydrogens is 378 g/mol. The molecule has 1 fully saturated rings. The lowest BCUT2D eigenvalue weighted by Gasteiger charge is -2.33. The van der Waals surface area contributed by atoms with Gasteiger partial charge in [-0.2, -0.15) is 0 Å². The average molecular weight is 410 g/mol. The van der Waals surface area contributed by atoms with Crippen molar-refractivity contribution < 1.29 is 18.0 Å². The number of likely N-dealkylation sites (tertiary alicyclic amines) is 1. The Labute approximate surface area is 167 Å². The minimum absolute atomic E-state index is 0.0174. The smallest absolute Gasteiger partial charge is 0.240 e. The molecule has 0 aliphatic carbocycles. The lowest BCUT2D eigenvalue weighted by atomic mass is 10.0. The van der Waals surface area contributed by atoms with E-state index >= 15 is 0 Å². The van der Waals surface area contributed by atoms with Crippen LogP contribution in [0.2, 0.25) is 0 Å². The van der Waals surface area contributed by atoms with Crippen molar-refractivity contribution in [3.8, 4) is 0 Å². The number of hydrogen-bond acceptors (Lipinski definition) is 4. The maximum Gasteiger partial charge on any atom is 0.240 e. The number of nitrogens with zero attached hydrogens (tertiary/aromatic N) is 1. The summed E-state index contributed by atoms with van der Waals surface area (Å²) in [6.45, 7) is 8.68. The standard InChI is InChI=1S/C20H31N3O4S/c1-14(2)20(25)23-11-8-17(9-12-23)22-19(24)7-10-21-28(26,27)18-13-15(3)5-6-16(18)4/h5-6,13-14,17,21H,7-12H2,1-4H3,(H,22,24). The fraction of sp³-hybridized carbons (Fsp3) is 0.600. The van der Waals surface area contributed by atoms with Crippen molar-refractivity contribution in [2.75, 3.05) is 19.6 Å². The van der Waals surface area contributed by atoms with Crippen LogP contribution in [0.1, 0.15) is 44.2 Å². The number of rotatable bonds is 7. The summed E-state index contributed by atoms with van der Waals surface area (Å²) in [6, 6.07) is 5.29. The van der Waals surface area contributed by atoms with Crippen molar-refractivity contribution in [3.63, 3.8) is 0 Å². The second-order valence-electron chi connectivity index (χ2n) is 7.74. The summed E-state index contributed by atoms with van der Waals surface area (Å²) in [6.07, 6.45) is 1.52. The minimum atomic E-state index is -3.64. The number of amides is 2. The van der Waals surface area contributed by atoms with E-state index in [0.29, 0.717) is 18.7 Å². The van der Waals surface area contributed by atoms with Crippen LogP contribution < -0.4 is 10.0 Å². The molecule has 1 aromatic rings. The first-order valence-corrected chi connectivity index (χ1v) is 11.2. The molecule has 2 N–H and O–H groups in total. The molecule has 1 aliphatic heterocycles. The zero-order valence-electron chi connectivity index (χ0n) is 17.1. The van der Waals surface area contributed by atoms with Gasteiger partial charge in [-0.3, -0.25) is 9.59 Å². The van der Waals surface area contributed by atoms with Gasteiger partial charge in [-0.15, -0.1) is 0 Å². The van der Waals surface area contributed by atoms with Crippen LogP contribution in [-0.4, -0.2) is 50.8 Å². The molecule has 0 unspecified atom stereocenters. The van der Waals surface area contributed by atoms with Gasteiger partial charge >= 0.3 is 0 Å². The van der Waals surface area contributed by atoms with Crippen LogP contribution in [0.5, 0.6) is 0 Å². The number of benzene rings is 1. The van der Waals surface area contributed by atoms with Gasteiger partial charge < -0.3 is 10.2 Å². The molecule has 0 radical (unpaired) electrons. The van der Waals surface area contributed by atoms with E-state index in [4.69, 9.17) is 0 Å². The highest BCUT2D eigenvalue weighted by molar-refractivity contribution is 7.89. The summed E-state index contributed by atoms with van der Waals surface area (Å²) in [4.78, 5) is 26.2. The molecule has 7 nitrogen and oxygen atoms in total. The predicted octanol–water partition coefficient (Wildman–Crippen LogP) is 1.74. The van der Waals surface area contributed by atoms with Crippen molar-refractivity contribution in [2.45, 2.75) is 57.9 Å². The third kappa shape index (κ3) is 6.04. The quantitative estimate of drug-likeness (QED) is 0.717. The number of piperidine rings is 1. The van der Waals surface area contributed by atoms with Crippen LogP contribution >= 0.6 is 0 Å². The van der Waals surface area contributed by atoms with E-state index in [0.717, 1.165) is 18.4 Å². The van der Waals surface area contributed by atoms with Gasteiger partial charge in [-0.1, -0.05) is 26.0 Å². The molecule has 8 heteroatoms. The molecule has 2 rings (SSSR count). The Balaban J connectivity index is 1.77. The van der Waals surface area contributed by atoms with Crippen molar-refractivity contribution >= 4 is 21.8 Å². The van der Waals surface area contributed by atoms with Gasteiger partial charge in [-0.05, 0) is 43.9 Å². The summed E-state index contributed by atoms with van der Waals surface area (Å²) in [5.41, 5.74) is 1.54. The lowest BCUT2D eigenvalue weighted by Crippen LogP contribution is -2.47. The van der Waals surface area contributed by atoms with Crippen LogP contribution in [0.15, 0.2) is 23.1 Å². The molecule has 1 aromatic carbocycles. The van der Waals surface area contributed by atoms with Gasteiger partial charge in [0.05, 0.1) is 4.90 Å². The average Bonchev–Trinajstić information content (AvgIpc) is 2.63. The van der Waals surface area contributed by atoms with Gasteiger partial charge in [0.1, 0.15) is 0 Å². The zero-order chi connectivity index (χ0) is 20.9. The summed E-state index contributed by atoms with van der Waals surface area (Å²) in [7, 11) is -3.64. The number of aryl methyl sites for hydroxylation is 2. The highest BCUT2D eigenvalue weighted by Crippen LogP contribution is 2.16. The Morgan fingerprint density at radius 1 is 1.18 bits per heavy atom.